The van der Waals surface area contributed by atoms with E-state index in [0.717, 1.165) is 45.2 Å². The summed E-state index contributed by atoms with van der Waals surface area (Å²) in [5.41, 5.74) is 0. The first-order valence-corrected chi connectivity index (χ1v) is 8.07. The van der Waals surface area contributed by atoms with Crippen molar-refractivity contribution in [3.05, 3.63) is 0 Å². The van der Waals surface area contributed by atoms with Crippen molar-refractivity contribution in [3.8, 4) is 0 Å². The summed E-state index contributed by atoms with van der Waals surface area (Å²) in [6.07, 6.45) is 10.0. The van der Waals surface area contributed by atoms with E-state index in [-0.39, 0.29) is 19.1 Å². The molecule has 0 unspecified atom stereocenters. The maximum atomic E-state index is 11.5. The Kier molecular flexibility index (Phi) is 18.3. The SMILES string of the molecule is C.CNCCCCCCNC(=O)CCCCCCC(C)=O. The van der Waals surface area contributed by atoms with E-state index < -0.39 is 0 Å². The van der Waals surface area contributed by atoms with Crippen LogP contribution in [-0.4, -0.2) is 31.8 Å². The number of unbranched alkanes of at least 4 members (excludes halogenated alkanes) is 6. The van der Waals surface area contributed by atoms with Crippen LogP contribution in [0.25, 0.3) is 0 Å². The number of carbonyl (C=O) groups excluding carboxylic acids is 2. The first-order valence-electron chi connectivity index (χ1n) is 8.07. The van der Waals surface area contributed by atoms with Crippen molar-refractivity contribution in [1.82, 2.24) is 10.6 Å². The van der Waals surface area contributed by atoms with Crippen molar-refractivity contribution in [2.75, 3.05) is 20.1 Å². The van der Waals surface area contributed by atoms with Gasteiger partial charge in [0, 0.05) is 19.4 Å². The van der Waals surface area contributed by atoms with E-state index in [4.69, 9.17) is 0 Å². The molecule has 0 heterocycles. The normalized spacial score (nSPS) is 10.0. The van der Waals surface area contributed by atoms with Crippen LogP contribution in [0.4, 0.5) is 0 Å². The lowest BCUT2D eigenvalue weighted by Gasteiger charge is -2.05. The Hall–Kier alpha value is -0.900. The number of hydrogen-bond acceptors (Lipinski definition) is 3. The van der Waals surface area contributed by atoms with Crippen molar-refractivity contribution in [2.24, 2.45) is 0 Å². The van der Waals surface area contributed by atoms with Gasteiger partial charge in [-0.3, -0.25) is 4.79 Å². The van der Waals surface area contributed by atoms with Gasteiger partial charge in [0.15, 0.2) is 0 Å². The molecule has 0 aromatic rings. The highest BCUT2D eigenvalue weighted by Gasteiger charge is 2.00. The summed E-state index contributed by atoms with van der Waals surface area (Å²) < 4.78 is 0. The van der Waals surface area contributed by atoms with Gasteiger partial charge in [-0.1, -0.05) is 33.1 Å². The van der Waals surface area contributed by atoms with Crippen molar-refractivity contribution in [1.29, 1.82) is 0 Å². The number of nitrogens with one attached hydrogen (secondary N) is 2. The molecule has 0 aliphatic carbocycles. The monoisotopic (exact) mass is 300 g/mol. The molecule has 21 heavy (non-hydrogen) atoms. The fraction of sp³-hybridized carbons (Fsp3) is 0.882. The standard InChI is InChI=1S/C16H32N2O2.CH4/c1-15(19)11-7-3-4-8-12-16(20)18-14-10-6-5-9-13-17-2;/h17H,3-14H2,1-2H3,(H,18,20);1H4. The summed E-state index contributed by atoms with van der Waals surface area (Å²) in [7, 11) is 1.97. The smallest absolute Gasteiger partial charge is 0.219 e. The topological polar surface area (TPSA) is 58.2 Å². The molecular formula is C17H36N2O2. The van der Waals surface area contributed by atoms with Crippen molar-refractivity contribution in [3.63, 3.8) is 0 Å². The van der Waals surface area contributed by atoms with Gasteiger partial charge in [0.2, 0.25) is 5.91 Å². The predicted octanol–water partition coefficient (Wildman–Crippen LogP) is 3.45. The number of ketones is 1. The first-order chi connectivity index (χ1) is 9.66. The highest BCUT2D eigenvalue weighted by atomic mass is 16.1. The number of hydrogen-bond donors (Lipinski definition) is 2. The summed E-state index contributed by atoms with van der Waals surface area (Å²) in [6, 6.07) is 0. The van der Waals surface area contributed by atoms with E-state index in [2.05, 4.69) is 10.6 Å². The van der Waals surface area contributed by atoms with E-state index in [9.17, 15) is 9.59 Å². The van der Waals surface area contributed by atoms with Gasteiger partial charge in [-0.15, -0.1) is 0 Å². The van der Waals surface area contributed by atoms with Crippen LogP contribution < -0.4 is 10.6 Å². The molecule has 0 rings (SSSR count). The molecule has 2 N–H and O–H groups in total. The quantitative estimate of drug-likeness (QED) is 0.483. The minimum atomic E-state index is 0. The zero-order valence-electron chi connectivity index (χ0n) is 13.3. The van der Waals surface area contributed by atoms with E-state index >= 15 is 0 Å². The zero-order chi connectivity index (χ0) is 15.1. The Labute approximate surface area is 131 Å². The van der Waals surface area contributed by atoms with Gasteiger partial charge in [-0.25, -0.2) is 0 Å². The van der Waals surface area contributed by atoms with Gasteiger partial charge in [0.1, 0.15) is 5.78 Å². The van der Waals surface area contributed by atoms with Crippen LogP contribution in [0.1, 0.15) is 78.6 Å². The molecule has 0 aromatic carbocycles. The lowest BCUT2D eigenvalue weighted by molar-refractivity contribution is -0.121. The molecule has 1 amide bonds. The van der Waals surface area contributed by atoms with Crippen LogP contribution in [0, 0.1) is 0 Å². The van der Waals surface area contributed by atoms with E-state index in [1.165, 1.54) is 19.3 Å². The molecule has 4 nitrogen and oxygen atoms in total. The lowest BCUT2D eigenvalue weighted by Crippen LogP contribution is -2.24. The van der Waals surface area contributed by atoms with Crippen LogP contribution in [-0.2, 0) is 9.59 Å². The third kappa shape index (κ3) is 19.1. The van der Waals surface area contributed by atoms with Gasteiger partial charge in [-0.05, 0) is 46.2 Å². The highest BCUT2D eigenvalue weighted by Crippen LogP contribution is 2.05. The second kappa shape index (κ2) is 17.2. The van der Waals surface area contributed by atoms with Gasteiger partial charge in [0.05, 0.1) is 0 Å². The molecule has 0 aromatic heterocycles. The van der Waals surface area contributed by atoms with E-state index in [1.807, 2.05) is 7.05 Å². The molecule has 0 bridgehead atoms. The second-order valence-electron chi connectivity index (χ2n) is 5.48. The average Bonchev–Trinajstić information content (AvgIpc) is 2.41. The molecule has 0 saturated carbocycles. The molecule has 0 radical (unpaired) electrons. The number of rotatable bonds is 14. The Morgan fingerprint density at radius 3 is 1.86 bits per heavy atom. The van der Waals surface area contributed by atoms with Gasteiger partial charge < -0.3 is 15.4 Å². The molecule has 0 fully saturated rings. The lowest BCUT2D eigenvalue weighted by atomic mass is 10.1. The molecule has 4 heteroatoms. The predicted molar refractivity (Wildman–Crippen MR) is 90.5 cm³/mol. The van der Waals surface area contributed by atoms with Crippen LogP contribution in [0.2, 0.25) is 0 Å². The Bertz CT molecular complexity index is 255. The summed E-state index contributed by atoms with van der Waals surface area (Å²) >= 11 is 0. The van der Waals surface area contributed by atoms with Crippen LogP contribution in [0.15, 0.2) is 0 Å². The molecule has 0 aliphatic heterocycles. The Morgan fingerprint density at radius 2 is 1.29 bits per heavy atom. The van der Waals surface area contributed by atoms with Gasteiger partial charge in [-0.2, -0.15) is 0 Å². The Balaban J connectivity index is 0. The summed E-state index contributed by atoms with van der Waals surface area (Å²) in [5, 5.41) is 6.11. The summed E-state index contributed by atoms with van der Waals surface area (Å²) in [4.78, 5) is 22.3. The minimum Gasteiger partial charge on any atom is -0.356 e. The fourth-order valence-electron chi connectivity index (χ4n) is 2.11. The molecule has 0 atom stereocenters. The van der Waals surface area contributed by atoms with E-state index in [1.54, 1.807) is 6.92 Å². The molecule has 126 valence electrons. The van der Waals surface area contributed by atoms with Crippen LogP contribution in [0.5, 0.6) is 0 Å². The third-order valence-corrected chi connectivity index (χ3v) is 3.36. The largest absolute Gasteiger partial charge is 0.356 e. The van der Waals surface area contributed by atoms with Crippen LogP contribution >= 0.6 is 0 Å². The Morgan fingerprint density at radius 1 is 0.762 bits per heavy atom. The maximum absolute atomic E-state index is 11.5. The van der Waals surface area contributed by atoms with Crippen molar-refractivity contribution in [2.45, 2.75) is 78.6 Å². The third-order valence-electron chi connectivity index (χ3n) is 3.36. The first kappa shape index (κ1) is 22.4. The van der Waals surface area contributed by atoms with Crippen LogP contribution in [0.3, 0.4) is 0 Å². The average molecular weight is 300 g/mol. The molecule has 0 saturated heterocycles. The number of Topliss-reactive ketones (excluding diaryl/α,β-unsaturated/α-hetero) is 1. The van der Waals surface area contributed by atoms with Gasteiger partial charge >= 0.3 is 0 Å². The number of amides is 1. The summed E-state index contributed by atoms with van der Waals surface area (Å²) in [6.45, 7) is 3.52. The van der Waals surface area contributed by atoms with Gasteiger partial charge in [0.25, 0.3) is 0 Å². The van der Waals surface area contributed by atoms with Crippen molar-refractivity contribution < 1.29 is 9.59 Å². The summed E-state index contributed by atoms with van der Waals surface area (Å²) in [5.74, 6) is 0.434. The molecular weight excluding hydrogens is 264 g/mol. The fourth-order valence-corrected chi connectivity index (χ4v) is 2.11. The maximum Gasteiger partial charge on any atom is 0.219 e. The number of carbonyl (C=O) groups is 2. The second-order valence-corrected chi connectivity index (χ2v) is 5.48. The molecule has 0 aliphatic rings. The highest BCUT2D eigenvalue weighted by molar-refractivity contribution is 5.75. The minimum absolute atomic E-state index is 0. The van der Waals surface area contributed by atoms with Crippen molar-refractivity contribution >= 4 is 11.7 Å². The molecule has 0 spiro atoms. The van der Waals surface area contributed by atoms with E-state index in [0.29, 0.717) is 12.8 Å². The zero-order valence-corrected chi connectivity index (χ0v) is 13.3.